The quantitative estimate of drug-likeness (QED) is 0.517. The van der Waals surface area contributed by atoms with Crippen LogP contribution in [-0.4, -0.2) is 18.1 Å². The van der Waals surface area contributed by atoms with Crippen LogP contribution >= 0.6 is 0 Å². The minimum absolute atomic E-state index is 0.0185. The molecule has 0 fully saturated rings. The molecule has 0 saturated heterocycles. The number of hydrogen-bond acceptors (Lipinski definition) is 3. The van der Waals surface area contributed by atoms with Gasteiger partial charge < -0.3 is 4.84 Å². The molecule has 0 saturated carbocycles. The summed E-state index contributed by atoms with van der Waals surface area (Å²) in [5.41, 5.74) is 0.565. The van der Waals surface area contributed by atoms with Gasteiger partial charge in [-0.3, -0.25) is 4.79 Å². The summed E-state index contributed by atoms with van der Waals surface area (Å²) < 4.78 is 0. The summed E-state index contributed by atoms with van der Waals surface area (Å²) in [4.78, 5) is 15.3. The third-order valence-electron chi connectivity index (χ3n) is 1.19. The molecule has 1 aliphatic heterocycles. The van der Waals surface area contributed by atoms with Gasteiger partial charge in [0.05, 0.1) is 0 Å². The number of oxime groups is 1. The average Bonchev–Trinajstić information content (AvgIpc) is 2.13. The molecule has 0 N–H and O–H groups in total. The fourth-order valence-electron chi connectivity index (χ4n) is 0.713. The van der Waals surface area contributed by atoms with Gasteiger partial charge in [-0.25, -0.2) is 0 Å². The van der Waals surface area contributed by atoms with E-state index in [1.807, 2.05) is 13.8 Å². The van der Waals surface area contributed by atoms with E-state index in [9.17, 15) is 4.79 Å². The van der Waals surface area contributed by atoms with Crippen LogP contribution in [0, 0.1) is 5.92 Å². The third-order valence-corrected chi connectivity index (χ3v) is 1.19. The molecule has 0 radical (unpaired) electrons. The van der Waals surface area contributed by atoms with Gasteiger partial charge in [-0.05, 0) is 0 Å². The molecule has 3 heteroatoms. The Kier molecular flexibility index (Phi) is 1.51. The fourth-order valence-corrected chi connectivity index (χ4v) is 0.713. The van der Waals surface area contributed by atoms with Crippen molar-refractivity contribution in [1.82, 2.24) is 0 Å². The van der Waals surface area contributed by atoms with Gasteiger partial charge in [0.25, 0.3) is 0 Å². The number of rotatable bonds is 1. The standard InChI is InChI=1S/C6H9NO2/c1-4(2)6-5(8)3-9-7-6/h4H,3H2,1-2H3. The number of carbonyl (C=O) groups excluding carboxylic acids is 1. The van der Waals surface area contributed by atoms with Crippen molar-refractivity contribution in [3.63, 3.8) is 0 Å². The third kappa shape index (κ3) is 1.09. The van der Waals surface area contributed by atoms with Crippen LogP contribution in [0.5, 0.6) is 0 Å². The highest BCUT2D eigenvalue weighted by Crippen LogP contribution is 2.04. The zero-order valence-corrected chi connectivity index (χ0v) is 5.55. The summed E-state index contributed by atoms with van der Waals surface area (Å²) in [7, 11) is 0. The predicted molar refractivity (Wildman–Crippen MR) is 33.2 cm³/mol. The molecule has 9 heavy (non-hydrogen) atoms. The topological polar surface area (TPSA) is 38.7 Å². The second kappa shape index (κ2) is 2.17. The first-order valence-electron chi connectivity index (χ1n) is 2.95. The Bertz CT molecular complexity index is 160. The van der Waals surface area contributed by atoms with Crippen LogP contribution in [0.3, 0.4) is 0 Å². The minimum atomic E-state index is 0.0185. The van der Waals surface area contributed by atoms with Gasteiger partial charge in [-0.1, -0.05) is 19.0 Å². The number of ketones is 1. The van der Waals surface area contributed by atoms with Crippen LogP contribution in [-0.2, 0) is 9.63 Å². The average molecular weight is 127 g/mol. The van der Waals surface area contributed by atoms with Crippen LogP contribution in [0.25, 0.3) is 0 Å². The lowest BCUT2D eigenvalue weighted by molar-refractivity contribution is -0.115. The summed E-state index contributed by atoms with van der Waals surface area (Å²) in [6.45, 7) is 3.98. The molecule has 50 valence electrons. The largest absolute Gasteiger partial charge is 0.387 e. The van der Waals surface area contributed by atoms with E-state index in [0.717, 1.165) is 0 Å². The number of Topliss-reactive ketones (excluding diaryl/α,β-unsaturated/α-hetero) is 1. The van der Waals surface area contributed by atoms with Crippen molar-refractivity contribution in [2.45, 2.75) is 13.8 Å². The maximum atomic E-state index is 10.8. The fraction of sp³-hybridized carbons (Fsp3) is 0.667. The van der Waals surface area contributed by atoms with Gasteiger partial charge >= 0.3 is 0 Å². The summed E-state index contributed by atoms with van der Waals surface area (Å²) in [5, 5.41) is 3.58. The maximum absolute atomic E-state index is 10.8. The maximum Gasteiger partial charge on any atom is 0.220 e. The molecule has 0 amide bonds. The van der Waals surface area contributed by atoms with Crippen LogP contribution in [0.15, 0.2) is 5.16 Å². The molecule has 0 spiro atoms. The first kappa shape index (κ1) is 6.26. The zero-order chi connectivity index (χ0) is 6.85. The van der Waals surface area contributed by atoms with Gasteiger partial charge in [0.1, 0.15) is 5.71 Å². The molecule has 1 rings (SSSR count). The second-order valence-electron chi connectivity index (χ2n) is 2.33. The van der Waals surface area contributed by atoms with E-state index in [-0.39, 0.29) is 18.3 Å². The Balaban J connectivity index is 2.68. The molecular weight excluding hydrogens is 118 g/mol. The molecule has 0 aromatic carbocycles. The second-order valence-corrected chi connectivity index (χ2v) is 2.33. The van der Waals surface area contributed by atoms with E-state index in [2.05, 4.69) is 9.99 Å². The normalized spacial score (nSPS) is 18.1. The highest BCUT2D eigenvalue weighted by molar-refractivity contribution is 6.41. The SMILES string of the molecule is CC(C)C1=NOCC1=O. The van der Waals surface area contributed by atoms with Gasteiger partial charge in [0, 0.05) is 5.92 Å². The highest BCUT2D eigenvalue weighted by atomic mass is 16.6. The molecule has 0 atom stereocenters. The van der Waals surface area contributed by atoms with Crippen LogP contribution < -0.4 is 0 Å². The Hall–Kier alpha value is -0.860. The summed E-state index contributed by atoms with van der Waals surface area (Å²) in [6.07, 6.45) is 0. The van der Waals surface area contributed by atoms with Gasteiger partial charge in [0.15, 0.2) is 6.61 Å². The molecule has 0 bridgehead atoms. The van der Waals surface area contributed by atoms with Gasteiger partial charge in [0.2, 0.25) is 5.78 Å². The minimum Gasteiger partial charge on any atom is -0.387 e. The lowest BCUT2D eigenvalue weighted by atomic mass is 10.1. The summed E-state index contributed by atoms with van der Waals surface area (Å²) in [6, 6.07) is 0. The van der Waals surface area contributed by atoms with Crippen LogP contribution in [0.4, 0.5) is 0 Å². The predicted octanol–water partition coefficient (Wildman–Crippen LogP) is 0.598. The molecule has 3 nitrogen and oxygen atoms in total. The summed E-state index contributed by atoms with van der Waals surface area (Å²) >= 11 is 0. The molecule has 0 aromatic rings. The van der Waals surface area contributed by atoms with E-state index < -0.39 is 0 Å². The van der Waals surface area contributed by atoms with E-state index in [0.29, 0.717) is 5.71 Å². The van der Waals surface area contributed by atoms with E-state index in [1.54, 1.807) is 0 Å². The lowest BCUT2D eigenvalue weighted by Crippen LogP contribution is -2.17. The molecule has 1 heterocycles. The Morgan fingerprint density at radius 3 is 2.56 bits per heavy atom. The first-order chi connectivity index (χ1) is 4.22. The highest BCUT2D eigenvalue weighted by Gasteiger charge is 2.21. The van der Waals surface area contributed by atoms with Gasteiger partial charge in [-0.2, -0.15) is 0 Å². The van der Waals surface area contributed by atoms with Crippen LogP contribution in [0.2, 0.25) is 0 Å². The van der Waals surface area contributed by atoms with Crippen molar-refractivity contribution in [3.05, 3.63) is 0 Å². The molecule has 0 aromatic heterocycles. The van der Waals surface area contributed by atoms with Crippen molar-refractivity contribution < 1.29 is 9.63 Å². The van der Waals surface area contributed by atoms with Crippen molar-refractivity contribution in [2.75, 3.05) is 6.61 Å². The monoisotopic (exact) mass is 127 g/mol. The Morgan fingerprint density at radius 2 is 2.33 bits per heavy atom. The van der Waals surface area contributed by atoms with Crippen molar-refractivity contribution >= 4 is 11.5 Å². The first-order valence-corrected chi connectivity index (χ1v) is 2.95. The zero-order valence-electron chi connectivity index (χ0n) is 5.55. The number of nitrogens with zero attached hydrogens (tertiary/aromatic N) is 1. The molecule has 0 unspecified atom stereocenters. The van der Waals surface area contributed by atoms with E-state index in [4.69, 9.17) is 0 Å². The van der Waals surface area contributed by atoms with Crippen molar-refractivity contribution in [2.24, 2.45) is 11.1 Å². The van der Waals surface area contributed by atoms with Gasteiger partial charge in [-0.15, -0.1) is 0 Å². The van der Waals surface area contributed by atoms with Crippen molar-refractivity contribution in [3.8, 4) is 0 Å². The van der Waals surface area contributed by atoms with Crippen molar-refractivity contribution in [1.29, 1.82) is 0 Å². The number of hydrogen-bond donors (Lipinski definition) is 0. The lowest BCUT2D eigenvalue weighted by Gasteiger charge is -1.96. The summed E-state index contributed by atoms with van der Waals surface area (Å²) in [5.74, 6) is 0.213. The van der Waals surface area contributed by atoms with E-state index >= 15 is 0 Å². The molecule has 1 aliphatic rings. The molecule has 0 aliphatic carbocycles. The number of carbonyl (C=O) groups is 1. The smallest absolute Gasteiger partial charge is 0.220 e. The van der Waals surface area contributed by atoms with Crippen LogP contribution in [0.1, 0.15) is 13.8 Å². The Morgan fingerprint density at radius 1 is 1.67 bits per heavy atom. The molecular formula is C6H9NO2. The van der Waals surface area contributed by atoms with E-state index in [1.165, 1.54) is 0 Å². The Labute approximate surface area is 53.7 Å².